The summed E-state index contributed by atoms with van der Waals surface area (Å²) in [6, 6.07) is 14.0. The molecule has 6 heteroatoms. The molecule has 1 heterocycles. The molecular formula is C20H23BrN3O2+. The number of aryl methyl sites for hydroxylation is 1. The van der Waals surface area contributed by atoms with Crippen LogP contribution < -0.4 is 15.5 Å². The van der Waals surface area contributed by atoms with E-state index in [0.717, 1.165) is 35.2 Å². The van der Waals surface area contributed by atoms with Gasteiger partial charge in [-0.3, -0.25) is 9.59 Å². The normalized spacial score (nSPS) is 15.8. The van der Waals surface area contributed by atoms with Crippen LogP contribution in [0.2, 0.25) is 0 Å². The van der Waals surface area contributed by atoms with Crippen LogP contribution in [0.25, 0.3) is 0 Å². The highest BCUT2D eigenvalue weighted by Crippen LogP contribution is 2.19. The molecule has 2 aromatic carbocycles. The van der Waals surface area contributed by atoms with E-state index in [0.29, 0.717) is 6.54 Å². The molecule has 0 bridgehead atoms. The second kappa shape index (κ2) is 8.47. The van der Waals surface area contributed by atoms with E-state index in [-0.39, 0.29) is 18.4 Å². The fourth-order valence-electron chi connectivity index (χ4n) is 3.22. The summed E-state index contributed by atoms with van der Waals surface area (Å²) in [5.41, 5.74) is 4.41. The first-order chi connectivity index (χ1) is 12.5. The molecule has 1 aliphatic heterocycles. The first-order valence-electron chi connectivity index (χ1n) is 8.74. The summed E-state index contributed by atoms with van der Waals surface area (Å²) < 4.78 is 0.965. The molecule has 5 nitrogen and oxygen atoms in total. The van der Waals surface area contributed by atoms with Crippen LogP contribution in [-0.4, -0.2) is 31.4 Å². The fraction of sp³-hybridized carbons (Fsp3) is 0.300. The lowest BCUT2D eigenvalue weighted by molar-refractivity contribution is -0.908. The number of fused-ring (bicyclic) bond motifs is 1. The van der Waals surface area contributed by atoms with Gasteiger partial charge in [-0.15, -0.1) is 0 Å². The summed E-state index contributed by atoms with van der Waals surface area (Å²) in [7, 11) is 0. The summed E-state index contributed by atoms with van der Waals surface area (Å²) in [6.45, 7) is 4.09. The molecule has 2 aromatic rings. The van der Waals surface area contributed by atoms with Gasteiger partial charge < -0.3 is 15.5 Å². The Balaban J connectivity index is 1.45. The van der Waals surface area contributed by atoms with Crippen molar-refractivity contribution in [2.45, 2.75) is 19.9 Å². The van der Waals surface area contributed by atoms with Crippen molar-refractivity contribution in [1.29, 1.82) is 0 Å². The molecule has 0 fully saturated rings. The van der Waals surface area contributed by atoms with Crippen molar-refractivity contribution >= 4 is 33.4 Å². The minimum absolute atomic E-state index is 0.0157. The van der Waals surface area contributed by atoms with Crippen LogP contribution in [0, 0.1) is 6.92 Å². The van der Waals surface area contributed by atoms with E-state index in [1.54, 1.807) is 0 Å². The van der Waals surface area contributed by atoms with Gasteiger partial charge in [-0.25, -0.2) is 0 Å². The molecule has 0 radical (unpaired) electrons. The number of hydrogen-bond acceptors (Lipinski definition) is 2. The van der Waals surface area contributed by atoms with Crippen LogP contribution in [0.3, 0.4) is 0 Å². The van der Waals surface area contributed by atoms with Crippen molar-refractivity contribution in [3.63, 3.8) is 0 Å². The van der Waals surface area contributed by atoms with E-state index in [1.807, 2.05) is 31.2 Å². The van der Waals surface area contributed by atoms with Crippen LogP contribution in [0.5, 0.6) is 0 Å². The van der Waals surface area contributed by atoms with Crippen LogP contribution in [0.15, 0.2) is 46.9 Å². The smallest absolute Gasteiger partial charge is 0.275 e. The number of quaternary nitrogens is 1. The maximum atomic E-state index is 12.2. The average molecular weight is 417 g/mol. The number of benzene rings is 2. The molecule has 1 unspecified atom stereocenters. The Hall–Kier alpha value is -2.18. The maximum absolute atomic E-state index is 12.2. The van der Waals surface area contributed by atoms with Gasteiger partial charge in [-0.05, 0) is 36.2 Å². The van der Waals surface area contributed by atoms with Crippen molar-refractivity contribution in [3.05, 3.63) is 63.6 Å². The van der Waals surface area contributed by atoms with E-state index in [9.17, 15) is 9.59 Å². The predicted molar refractivity (Wildman–Crippen MR) is 105 cm³/mol. The Kier molecular flexibility index (Phi) is 6.06. The van der Waals surface area contributed by atoms with Gasteiger partial charge in [0.25, 0.3) is 5.91 Å². The number of carbonyl (C=O) groups excluding carboxylic acids is 2. The molecule has 3 rings (SSSR count). The van der Waals surface area contributed by atoms with Gasteiger partial charge in [0.15, 0.2) is 6.54 Å². The Bertz CT molecular complexity index is 822. The van der Waals surface area contributed by atoms with Gasteiger partial charge in [0.05, 0.1) is 13.1 Å². The minimum Gasteiger partial charge on any atom is -0.342 e. The molecule has 2 amide bonds. The molecule has 0 saturated carbocycles. The van der Waals surface area contributed by atoms with E-state index >= 15 is 0 Å². The second-order valence-electron chi connectivity index (χ2n) is 6.66. The molecule has 0 aliphatic carbocycles. The minimum atomic E-state index is -0.220. The first-order valence-corrected chi connectivity index (χ1v) is 9.53. The van der Waals surface area contributed by atoms with Crippen molar-refractivity contribution in [3.8, 4) is 0 Å². The number of carbonyl (C=O) groups is 2. The Morgan fingerprint density at radius 3 is 2.65 bits per heavy atom. The second-order valence-corrected chi connectivity index (χ2v) is 7.57. The molecule has 136 valence electrons. The topological polar surface area (TPSA) is 62.6 Å². The van der Waals surface area contributed by atoms with Gasteiger partial charge in [-0.1, -0.05) is 40.2 Å². The van der Waals surface area contributed by atoms with Crippen molar-refractivity contribution in [2.24, 2.45) is 0 Å². The van der Waals surface area contributed by atoms with E-state index < -0.39 is 0 Å². The lowest BCUT2D eigenvalue weighted by atomic mass is 10.00. The Morgan fingerprint density at radius 1 is 1.12 bits per heavy atom. The highest BCUT2D eigenvalue weighted by molar-refractivity contribution is 9.10. The number of anilines is 1. The third-order valence-electron chi connectivity index (χ3n) is 4.63. The Morgan fingerprint density at radius 2 is 1.88 bits per heavy atom. The van der Waals surface area contributed by atoms with E-state index in [2.05, 4.69) is 44.8 Å². The number of nitrogens with one attached hydrogen (secondary N) is 3. The zero-order valence-electron chi connectivity index (χ0n) is 14.8. The van der Waals surface area contributed by atoms with Crippen LogP contribution >= 0.6 is 15.9 Å². The van der Waals surface area contributed by atoms with Gasteiger partial charge in [0, 0.05) is 22.1 Å². The highest BCUT2D eigenvalue weighted by Gasteiger charge is 2.21. The van der Waals surface area contributed by atoms with Gasteiger partial charge in [-0.2, -0.15) is 0 Å². The predicted octanol–water partition coefficient (Wildman–Crippen LogP) is 1.45. The van der Waals surface area contributed by atoms with Crippen LogP contribution in [0.4, 0.5) is 5.69 Å². The molecule has 3 N–H and O–H groups in total. The van der Waals surface area contributed by atoms with Crippen molar-refractivity contribution in [2.75, 3.05) is 25.0 Å². The SMILES string of the molecule is Cc1cc(Br)ccc1NC(=O)CNC(=O)C[NH+]1CCc2ccccc2C1. The third-order valence-corrected chi connectivity index (χ3v) is 5.12. The molecule has 26 heavy (non-hydrogen) atoms. The zero-order valence-corrected chi connectivity index (χ0v) is 16.4. The largest absolute Gasteiger partial charge is 0.342 e. The molecule has 0 spiro atoms. The standard InChI is InChI=1S/C20H22BrN3O2/c1-14-10-17(21)6-7-18(14)23-19(25)11-22-20(26)13-24-9-8-15-4-2-3-5-16(15)12-24/h2-7,10H,8-9,11-13H2,1H3,(H,22,26)(H,23,25)/p+1. The van der Waals surface area contributed by atoms with Crippen molar-refractivity contribution in [1.82, 2.24) is 5.32 Å². The van der Waals surface area contributed by atoms with Crippen LogP contribution in [-0.2, 0) is 22.6 Å². The number of rotatable bonds is 5. The van der Waals surface area contributed by atoms with Crippen molar-refractivity contribution < 1.29 is 14.5 Å². The molecule has 1 atom stereocenters. The maximum Gasteiger partial charge on any atom is 0.275 e. The summed E-state index contributed by atoms with van der Waals surface area (Å²) in [4.78, 5) is 25.5. The van der Waals surface area contributed by atoms with Gasteiger partial charge >= 0.3 is 0 Å². The summed E-state index contributed by atoms with van der Waals surface area (Å²) >= 11 is 3.40. The summed E-state index contributed by atoms with van der Waals surface area (Å²) in [5.74, 6) is -0.315. The van der Waals surface area contributed by atoms with E-state index in [1.165, 1.54) is 16.0 Å². The molecule has 1 aliphatic rings. The van der Waals surface area contributed by atoms with Crippen LogP contribution in [0.1, 0.15) is 16.7 Å². The third kappa shape index (κ3) is 4.93. The van der Waals surface area contributed by atoms with Gasteiger partial charge in [0.1, 0.15) is 6.54 Å². The quantitative estimate of drug-likeness (QED) is 0.690. The van der Waals surface area contributed by atoms with Gasteiger partial charge in [0.2, 0.25) is 5.91 Å². The molecular weight excluding hydrogens is 394 g/mol. The molecule has 0 aromatic heterocycles. The monoisotopic (exact) mass is 416 g/mol. The zero-order chi connectivity index (χ0) is 18.5. The number of amides is 2. The lowest BCUT2D eigenvalue weighted by Crippen LogP contribution is -3.12. The lowest BCUT2D eigenvalue weighted by Gasteiger charge is -2.25. The number of hydrogen-bond donors (Lipinski definition) is 3. The van der Waals surface area contributed by atoms with E-state index in [4.69, 9.17) is 0 Å². The first kappa shape index (κ1) is 18.6. The molecule has 0 saturated heterocycles. The number of halogens is 1. The Labute approximate surface area is 161 Å². The highest BCUT2D eigenvalue weighted by atomic mass is 79.9. The summed E-state index contributed by atoms with van der Waals surface area (Å²) in [5, 5.41) is 5.55. The summed E-state index contributed by atoms with van der Waals surface area (Å²) in [6.07, 6.45) is 0.988. The fourth-order valence-corrected chi connectivity index (χ4v) is 3.70. The average Bonchev–Trinajstić information content (AvgIpc) is 2.62.